The van der Waals surface area contributed by atoms with Gasteiger partial charge in [-0.05, 0) is 48.8 Å². The van der Waals surface area contributed by atoms with Gasteiger partial charge in [0.05, 0.1) is 0 Å². The number of carbonyl (C=O) groups excluding carboxylic acids is 1. The molecule has 3 rings (SSSR count). The van der Waals surface area contributed by atoms with Crippen molar-refractivity contribution in [1.29, 1.82) is 0 Å². The second-order valence-electron chi connectivity index (χ2n) is 5.79. The highest BCUT2D eigenvalue weighted by Gasteiger charge is 2.10. The second kappa shape index (κ2) is 7.05. The summed E-state index contributed by atoms with van der Waals surface area (Å²) >= 11 is 0. The molecule has 0 fully saturated rings. The Bertz CT molecular complexity index is 819. The molecule has 24 heavy (non-hydrogen) atoms. The maximum Gasteiger partial charge on any atom is 0.186 e. The summed E-state index contributed by atoms with van der Waals surface area (Å²) in [7, 11) is 0. The van der Waals surface area contributed by atoms with Crippen LogP contribution in [0.5, 0.6) is 0 Å². The van der Waals surface area contributed by atoms with Gasteiger partial charge in [-0.1, -0.05) is 60.7 Å². The van der Waals surface area contributed by atoms with Crippen molar-refractivity contribution in [2.24, 2.45) is 0 Å². The van der Waals surface area contributed by atoms with Crippen LogP contribution in [0.2, 0.25) is 0 Å². The predicted octanol–water partition coefficient (Wildman–Crippen LogP) is 5.01. The first-order chi connectivity index (χ1) is 11.6. The SMILES string of the molecule is Cc1cc(C(=O)C=C(c2ccccc2)c2ccccc2)cc(C)n1. The first-order valence-corrected chi connectivity index (χ1v) is 7.95. The normalized spacial score (nSPS) is 10.2. The minimum atomic E-state index is -0.00805. The molecule has 3 aromatic rings. The number of rotatable bonds is 4. The molecule has 0 saturated carbocycles. The molecule has 0 bridgehead atoms. The van der Waals surface area contributed by atoms with Crippen molar-refractivity contribution in [2.75, 3.05) is 0 Å². The number of benzene rings is 2. The van der Waals surface area contributed by atoms with E-state index in [2.05, 4.69) is 4.98 Å². The standard InChI is InChI=1S/C22H19NO/c1-16-13-20(14-17(2)23-16)22(24)15-21(18-9-5-3-6-10-18)19-11-7-4-8-12-19/h3-15H,1-2H3. The van der Waals surface area contributed by atoms with Crippen LogP contribution in [0.1, 0.15) is 32.9 Å². The molecule has 2 aromatic carbocycles. The molecule has 0 aliphatic rings. The number of aryl methyl sites for hydroxylation is 2. The summed E-state index contributed by atoms with van der Waals surface area (Å²) in [5.74, 6) is -0.00805. The highest BCUT2D eigenvalue weighted by atomic mass is 16.1. The number of aromatic nitrogens is 1. The molecule has 118 valence electrons. The Kier molecular flexibility index (Phi) is 4.66. The van der Waals surface area contributed by atoms with Crippen molar-refractivity contribution in [2.45, 2.75) is 13.8 Å². The van der Waals surface area contributed by atoms with Crippen LogP contribution in [0, 0.1) is 13.8 Å². The zero-order valence-corrected chi connectivity index (χ0v) is 13.9. The summed E-state index contributed by atoms with van der Waals surface area (Å²) in [6.45, 7) is 3.81. The zero-order valence-electron chi connectivity index (χ0n) is 13.9. The summed E-state index contributed by atoms with van der Waals surface area (Å²) in [4.78, 5) is 17.1. The van der Waals surface area contributed by atoms with E-state index in [4.69, 9.17) is 0 Å². The van der Waals surface area contributed by atoms with E-state index in [9.17, 15) is 4.79 Å². The number of nitrogens with zero attached hydrogens (tertiary/aromatic N) is 1. The fourth-order valence-electron chi connectivity index (χ4n) is 2.76. The van der Waals surface area contributed by atoms with Gasteiger partial charge in [-0.3, -0.25) is 9.78 Å². The number of hydrogen-bond donors (Lipinski definition) is 0. The van der Waals surface area contributed by atoms with Gasteiger partial charge in [-0.25, -0.2) is 0 Å². The molecule has 0 aliphatic heterocycles. The van der Waals surface area contributed by atoms with Gasteiger partial charge >= 0.3 is 0 Å². The summed E-state index contributed by atoms with van der Waals surface area (Å²) in [5, 5.41) is 0. The summed E-state index contributed by atoms with van der Waals surface area (Å²) in [5.41, 5.74) is 5.36. The number of carbonyl (C=O) groups is 1. The Morgan fingerprint density at radius 2 is 1.21 bits per heavy atom. The Morgan fingerprint density at radius 3 is 1.67 bits per heavy atom. The molecule has 2 heteroatoms. The summed E-state index contributed by atoms with van der Waals surface area (Å²) in [6.07, 6.45) is 1.72. The van der Waals surface area contributed by atoms with Crippen molar-refractivity contribution < 1.29 is 4.79 Å². The average molecular weight is 313 g/mol. The maximum atomic E-state index is 12.8. The predicted molar refractivity (Wildman–Crippen MR) is 98.0 cm³/mol. The lowest BCUT2D eigenvalue weighted by Gasteiger charge is -2.09. The van der Waals surface area contributed by atoms with Gasteiger partial charge in [0.1, 0.15) is 0 Å². The fraction of sp³-hybridized carbons (Fsp3) is 0.0909. The lowest BCUT2D eigenvalue weighted by Crippen LogP contribution is -2.00. The monoisotopic (exact) mass is 313 g/mol. The van der Waals surface area contributed by atoms with E-state index in [0.717, 1.165) is 28.1 Å². The van der Waals surface area contributed by atoms with Crippen molar-refractivity contribution in [3.63, 3.8) is 0 Å². The molecule has 0 N–H and O–H groups in total. The van der Waals surface area contributed by atoms with Crippen molar-refractivity contribution >= 4 is 11.4 Å². The number of allylic oxidation sites excluding steroid dienone is 1. The highest BCUT2D eigenvalue weighted by molar-refractivity contribution is 6.10. The van der Waals surface area contributed by atoms with Crippen LogP contribution in [-0.2, 0) is 0 Å². The molecular weight excluding hydrogens is 294 g/mol. The number of ketones is 1. The van der Waals surface area contributed by atoms with Gasteiger partial charge in [-0.15, -0.1) is 0 Å². The molecule has 0 amide bonds. The van der Waals surface area contributed by atoms with Gasteiger partial charge in [0, 0.05) is 17.0 Å². The van der Waals surface area contributed by atoms with Gasteiger partial charge in [0.25, 0.3) is 0 Å². The first-order valence-electron chi connectivity index (χ1n) is 7.95. The summed E-state index contributed by atoms with van der Waals surface area (Å²) < 4.78 is 0. The molecule has 0 radical (unpaired) electrons. The quantitative estimate of drug-likeness (QED) is 0.500. The van der Waals surface area contributed by atoms with Crippen LogP contribution >= 0.6 is 0 Å². The van der Waals surface area contributed by atoms with Crippen LogP contribution in [0.4, 0.5) is 0 Å². The Morgan fingerprint density at radius 1 is 0.750 bits per heavy atom. The van der Waals surface area contributed by atoms with Crippen LogP contribution in [-0.4, -0.2) is 10.8 Å². The highest BCUT2D eigenvalue weighted by Crippen LogP contribution is 2.24. The van der Waals surface area contributed by atoms with Crippen LogP contribution in [0.25, 0.3) is 5.57 Å². The van der Waals surface area contributed by atoms with Crippen LogP contribution < -0.4 is 0 Å². The Hall–Kier alpha value is -3.00. The van der Waals surface area contributed by atoms with E-state index in [0.29, 0.717) is 5.56 Å². The van der Waals surface area contributed by atoms with Crippen molar-refractivity contribution in [3.8, 4) is 0 Å². The van der Waals surface area contributed by atoms with E-state index in [-0.39, 0.29) is 5.78 Å². The Balaban J connectivity index is 2.08. The van der Waals surface area contributed by atoms with Gasteiger partial charge in [0.2, 0.25) is 0 Å². The third-order valence-electron chi connectivity index (χ3n) is 3.81. The molecule has 0 spiro atoms. The summed E-state index contributed by atoms with van der Waals surface area (Å²) in [6, 6.07) is 23.6. The minimum absolute atomic E-state index is 0.00805. The molecule has 0 atom stereocenters. The topological polar surface area (TPSA) is 30.0 Å². The van der Waals surface area contributed by atoms with E-state index in [1.54, 1.807) is 6.08 Å². The second-order valence-corrected chi connectivity index (χ2v) is 5.79. The molecule has 1 aromatic heterocycles. The number of pyridine rings is 1. The van der Waals surface area contributed by atoms with Crippen LogP contribution in [0.15, 0.2) is 78.9 Å². The van der Waals surface area contributed by atoms with Crippen molar-refractivity contribution in [3.05, 3.63) is 107 Å². The minimum Gasteiger partial charge on any atom is -0.289 e. The molecule has 0 unspecified atom stereocenters. The molecule has 0 aliphatic carbocycles. The number of hydrogen-bond acceptors (Lipinski definition) is 2. The van der Waals surface area contributed by atoms with E-state index in [1.165, 1.54) is 0 Å². The molecular formula is C22H19NO. The zero-order chi connectivity index (χ0) is 16.9. The lowest BCUT2D eigenvalue weighted by molar-refractivity contribution is 0.104. The third kappa shape index (κ3) is 3.66. The fourth-order valence-corrected chi connectivity index (χ4v) is 2.76. The smallest absolute Gasteiger partial charge is 0.186 e. The molecule has 0 saturated heterocycles. The maximum absolute atomic E-state index is 12.8. The van der Waals surface area contributed by atoms with Gasteiger partial charge < -0.3 is 0 Å². The van der Waals surface area contributed by atoms with E-state index < -0.39 is 0 Å². The molecule has 2 nitrogen and oxygen atoms in total. The Labute approximate surface area is 142 Å². The van der Waals surface area contributed by atoms with Crippen molar-refractivity contribution in [1.82, 2.24) is 4.98 Å². The molecule has 1 heterocycles. The van der Waals surface area contributed by atoms with Crippen LogP contribution in [0.3, 0.4) is 0 Å². The lowest BCUT2D eigenvalue weighted by atomic mass is 9.95. The third-order valence-corrected chi connectivity index (χ3v) is 3.81. The average Bonchev–Trinajstić information content (AvgIpc) is 2.60. The van der Waals surface area contributed by atoms with E-state index >= 15 is 0 Å². The van der Waals surface area contributed by atoms with Gasteiger partial charge in [-0.2, -0.15) is 0 Å². The van der Waals surface area contributed by atoms with Gasteiger partial charge in [0.15, 0.2) is 5.78 Å². The first kappa shape index (κ1) is 15.9. The largest absolute Gasteiger partial charge is 0.289 e. The van der Waals surface area contributed by atoms with E-state index in [1.807, 2.05) is 86.6 Å².